The maximum absolute atomic E-state index is 12.5. The zero-order valence-corrected chi connectivity index (χ0v) is 20.7. The minimum atomic E-state index is -4.40. The number of alkyl halides is 3. The summed E-state index contributed by atoms with van der Waals surface area (Å²) in [5.74, 6) is -0.511. The monoisotopic (exact) mass is 507 g/mol. The SMILES string of the molecule is CCOC(Cc1ccc(OCCN(CCCOCC(F)(F)F)C(=O)OCC(C)(C)C)cc1)C(=O)O. The lowest BCUT2D eigenvalue weighted by Crippen LogP contribution is -2.37. The fourth-order valence-corrected chi connectivity index (χ4v) is 2.84. The molecular weight excluding hydrogens is 471 g/mol. The standard InChI is InChI=1S/C24H36F3NO7/c1-5-33-20(21(29)30)15-18-7-9-19(10-8-18)34-14-12-28(22(31)35-16-23(2,3)4)11-6-13-32-17-24(25,26)27/h7-10,20H,5-6,11-17H2,1-4H3,(H,29,30). The molecule has 0 aromatic heterocycles. The first-order chi connectivity index (χ1) is 16.3. The Balaban J connectivity index is 2.59. The maximum atomic E-state index is 12.5. The number of ether oxygens (including phenoxy) is 4. The van der Waals surface area contributed by atoms with Crippen LogP contribution in [0.5, 0.6) is 5.75 Å². The lowest BCUT2D eigenvalue weighted by atomic mass is 9.99. The van der Waals surface area contributed by atoms with Crippen molar-refractivity contribution in [1.29, 1.82) is 0 Å². The number of amides is 1. The van der Waals surface area contributed by atoms with Crippen molar-refractivity contribution in [3.8, 4) is 5.75 Å². The summed E-state index contributed by atoms with van der Waals surface area (Å²) >= 11 is 0. The molecule has 1 atom stereocenters. The number of halogens is 3. The minimum absolute atomic E-state index is 0.129. The zero-order valence-electron chi connectivity index (χ0n) is 20.7. The van der Waals surface area contributed by atoms with E-state index in [1.165, 1.54) is 4.90 Å². The van der Waals surface area contributed by atoms with Gasteiger partial charge in [0, 0.05) is 26.2 Å². The van der Waals surface area contributed by atoms with Crippen LogP contribution in [0.25, 0.3) is 0 Å². The van der Waals surface area contributed by atoms with Crippen molar-refractivity contribution in [2.75, 3.05) is 46.1 Å². The van der Waals surface area contributed by atoms with Crippen LogP contribution in [-0.2, 0) is 25.4 Å². The number of nitrogens with zero attached hydrogens (tertiary/aromatic N) is 1. The summed E-state index contributed by atoms with van der Waals surface area (Å²) in [7, 11) is 0. The normalized spacial score (nSPS) is 12.8. The number of hydrogen-bond acceptors (Lipinski definition) is 6. The van der Waals surface area contributed by atoms with Gasteiger partial charge >= 0.3 is 18.2 Å². The summed E-state index contributed by atoms with van der Waals surface area (Å²) in [5, 5.41) is 9.19. The molecule has 1 rings (SSSR count). The smallest absolute Gasteiger partial charge is 0.411 e. The van der Waals surface area contributed by atoms with Crippen molar-refractivity contribution in [1.82, 2.24) is 4.90 Å². The van der Waals surface area contributed by atoms with Crippen LogP contribution >= 0.6 is 0 Å². The second kappa shape index (κ2) is 14.8. The van der Waals surface area contributed by atoms with E-state index in [4.69, 9.17) is 14.2 Å². The van der Waals surface area contributed by atoms with Crippen molar-refractivity contribution < 1.29 is 46.8 Å². The highest BCUT2D eigenvalue weighted by Gasteiger charge is 2.27. The fraction of sp³-hybridized carbons (Fsp3) is 0.667. The Morgan fingerprint density at radius 3 is 2.23 bits per heavy atom. The number of aliphatic carboxylic acids is 1. The van der Waals surface area contributed by atoms with Crippen LogP contribution in [0.2, 0.25) is 0 Å². The number of carbonyl (C=O) groups is 2. The summed E-state index contributed by atoms with van der Waals surface area (Å²) in [4.78, 5) is 25.1. The summed E-state index contributed by atoms with van der Waals surface area (Å²) in [5.41, 5.74) is 0.529. The number of carboxylic acid groups (broad SMARTS) is 1. The van der Waals surface area contributed by atoms with E-state index in [-0.39, 0.29) is 51.2 Å². The zero-order chi connectivity index (χ0) is 26.5. The first kappa shape index (κ1) is 30.5. The minimum Gasteiger partial charge on any atom is -0.492 e. The number of hydrogen-bond donors (Lipinski definition) is 1. The van der Waals surface area contributed by atoms with Gasteiger partial charge in [-0.25, -0.2) is 9.59 Å². The molecule has 0 radical (unpaired) electrons. The molecule has 35 heavy (non-hydrogen) atoms. The molecular formula is C24H36F3NO7. The van der Waals surface area contributed by atoms with Crippen LogP contribution in [0.1, 0.15) is 39.7 Å². The first-order valence-electron chi connectivity index (χ1n) is 11.4. The van der Waals surface area contributed by atoms with Gasteiger partial charge in [0.25, 0.3) is 0 Å². The second-order valence-corrected chi connectivity index (χ2v) is 9.10. The lowest BCUT2D eigenvalue weighted by Gasteiger charge is -2.25. The van der Waals surface area contributed by atoms with Gasteiger partial charge in [0.2, 0.25) is 0 Å². The highest BCUT2D eigenvalue weighted by Crippen LogP contribution is 2.17. The first-order valence-corrected chi connectivity index (χ1v) is 11.4. The van der Waals surface area contributed by atoms with Gasteiger partial charge in [0.15, 0.2) is 6.10 Å². The van der Waals surface area contributed by atoms with Crippen LogP contribution in [0, 0.1) is 5.41 Å². The third kappa shape index (κ3) is 14.5. The van der Waals surface area contributed by atoms with Crippen molar-refractivity contribution in [3.05, 3.63) is 29.8 Å². The van der Waals surface area contributed by atoms with Crippen LogP contribution in [-0.4, -0.2) is 80.5 Å². The Labute approximate surface area is 204 Å². The number of carbonyl (C=O) groups excluding carboxylic acids is 1. The quantitative estimate of drug-likeness (QED) is 0.348. The van der Waals surface area contributed by atoms with Crippen molar-refractivity contribution >= 4 is 12.1 Å². The average Bonchev–Trinajstić information content (AvgIpc) is 2.75. The van der Waals surface area contributed by atoms with Gasteiger partial charge in [-0.15, -0.1) is 0 Å². The summed E-state index contributed by atoms with van der Waals surface area (Å²) in [6.45, 7) is 6.90. The van der Waals surface area contributed by atoms with Gasteiger partial charge in [-0.3, -0.25) is 0 Å². The van der Waals surface area contributed by atoms with E-state index < -0.39 is 30.9 Å². The number of carboxylic acids is 1. The molecule has 1 aromatic carbocycles. The van der Waals surface area contributed by atoms with Gasteiger partial charge in [-0.2, -0.15) is 13.2 Å². The molecule has 11 heteroatoms. The summed E-state index contributed by atoms with van der Waals surface area (Å²) in [6.07, 6.45) is -5.48. The predicted molar refractivity (Wildman–Crippen MR) is 123 cm³/mol. The van der Waals surface area contributed by atoms with Crippen molar-refractivity contribution in [2.45, 2.75) is 52.8 Å². The van der Waals surface area contributed by atoms with E-state index in [0.717, 1.165) is 5.56 Å². The average molecular weight is 508 g/mol. The fourth-order valence-electron chi connectivity index (χ4n) is 2.84. The molecule has 1 aromatic rings. The summed E-state index contributed by atoms with van der Waals surface area (Å²) in [6, 6.07) is 6.84. The van der Waals surface area contributed by atoms with E-state index in [1.807, 2.05) is 20.8 Å². The molecule has 200 valence electrons. The lowest BCUT2D eigenvalue weighted by molar-refractivity contribution is -0.174. The molecule has 1 amide bonds. The molecule has 0 aliphatic rings. The molecule has 0 saturated heterocycles. The van der Waals surface area contributed by atoms with E-state index in [9.17, 15) is 27.9 Å². The molecule has 8 nitrogen and oxygen atoms in total. The Kier molecular flexibility index (Phi) is 12.9. The van der Waals surface area contributed by atoms with Gasteiger partial charge in [-0.1, -0.05) is 32.9 Å². The molecule has 0 saturated carbocycles. The van der Waals surface area contributed by atoms with Crippen LogP contribution < -0.4 is 4.74 Å². The van der Waals surface area contributed by atoms with E-state index in [2.05, 4.69) is 4.74 Å². The molecule has 0 aliphatic carbocycles. The maximum Gasteiger partial charge on any atom is 0.411 e. The molecule has 0 fully saturated rings. The van der Waals surface area contributed by atoms with Crippen molar-refractivity contribution in [3.63, 3.8) is 0 Å². The van der Waals surface area contributed by atoms with E-state index in [1.54, 1.807) is 31.2 Å². The Morgan fingerprint density at radius 1 is 1.03 bits per heavy atom. The number of benzene rings is 1. The highest BCUT2D eigenvalue weighted by molar-refractivity contribution is 5.72. The van der Waals surface area contributed by atoms with Gasteiger partial charge in [0.1, 0.15) is 19.0 Å². The number of rotatable bonds is 15. The summed E-state index contributed by atoms with van der Waals surface area (Å²) < 4.78 is 57.4. The topological polar surface area (TPSA) is 94.5 Å². The Bertz CT molecular complexity index is 764. The Hall–Kier alpha value is -2.53. The molecule has 0 aliphatic heterocycles. The molecule has 1 unspecified atom stereocenters. The van der Waals surface area contributed by atoms with Gasteiger partial charge < -0.3 is 29.0 Å². The van der Waals surface area contributed by atoms with Gasteiger partial charge in [-0.05, 0) is 36.5 Å². The van der Waals surface area contributed by atoms with Crippen LogP contribution in [0.3, 0.4) is 0 Å². The molecule has 0 spiro atoms. The Morgan fingerprint density at radius 2 is 1.69 bits per heavy atom. The van der Waals surface area contributed by atoms with Crippen LogP contribution in [0.15, 0.2) is 24.3 Å². The van der Waals surface area contributed by atoms with E-state index >= 15 is 0 Å². The third-order valence-electron chi connectivity index (χ3n) is 4.49. The molecule has 1 N–H and O–H groups in total. The largest absolute Gasteiger partial charge is 0.492 e. The highest BCUT2D eigenvalue weighted by atomic mass is 19.4. The predicted octanol–water partition coefficient (Wildman–Crippen LogP) is 4.55. The molecule has 0 bridgehead atoms. The van der Waals surface area contributed by atoms with E-state index in [0.29, 0.717) is 12.4 Å². The van der Waals surface area contributed by atoms with Gasteiger partial charge in [0.05, 0.1) is 13.2 Å². The van der Waals surface area contributed by atoms with Crippen LogP contribution in [0.4, 0.5) is 18.0 Å². The molecule has 0 heterocycles. The van der Waals surface area contributed by atoms with Crippen molar-refractivity contribution in [2.24, 2.45) is 5.41 Å². The third-order valence-corrected chi connectivity index (χ3v) is 4.49. The second-order valence-electron chi connectivity index (χ2n) is 9.10.